The van der Waals surface area contributed by atoms with Crippen molar-refractivity contribution in [3.05, 3.63) is 70.1 Å². The number of nitrogens with zero attached hydrogens (tertiary/aromatic N) is 4. The number of fused-ring (bicyclic) bond motifs is 3. The molecule has 3 aromatic rings. The van der Waals surface area contributed by atoms with Crippen LogP contribution < -0.4 is 5.32 Å². The molecule has 1 unspecified atom stereocenters. The number of hydrogen-bond donors (Lipinski definition) is 1. The van der Waals surface area contributed by atoms with Gasteiger partial charge in [0.15, 0.2) is 0 Å². The van der Waals surface area contributed by atoms with Crippen LogP contribution in [0.3, 0.4) is 0 Å². The molecule has 2 aliphatic rings. The second-order valence-electron chi connectivity index (χ2n) is 8.60. The van der Waals surface area contributed by atoms with E-state index in [1.54, 1.807) is 19.1 Å². The maximum absolute atomic E-state index is 14.6. The second-order valence-corrected chi connectivity index (χ2v) is 9.04. The van der Waals surface area contributed by atoms with Gasteiger partial charge in [0.25, 0.3) is 0 Å². The van der Waals surface area contributed by atoms with Crippen LogP contribution in [0.4, 0.5) is 10.1 Å². The van der Waals surface area contributed by atoms with Gasteiger partial charge in [-0.15, -0.1) is 5.10 Å². The first-order valence-electron chi connectivity index (χ1n) is 11.1. The van der Waals surface area contributed by atoms with Gasteiger partial charge in [0.05, 0.1) is 23.1 Å². The van der Waals surface area contributed by atoms with Crippen molar-refractivity contribution in [1.29, 1.82) is 0 Å². The summed E-state index contributed by atoms with van der Waals surface area (Å²) in [6, 6.07) is 10.8. The van der Waals surface area contributed by atoms with Gasteiger partial charge in [-0.3, -0.25) is 4.79 Å². The molecule has 6 nitrogen and oxygen atoms in total. The minimum atomic E-state index is -0.337. The van der Waals surface area contributed by atoms with Crippen molar-refractivity contribution in [2.75, 3.05) is 18.4 Å². The molecule has 0 radical (unpaired) electrons. The Hall–Kier alpha value is -3.19. The number of aryl methyl sites for hydroxylation is 2. The second kappa shape index (κ2) is 8.63. The topological polar surface area (TPSA) is 63.1 Å². The number of aromatic nitrogens is 3. The molecule has 1 aromatic heterocycles. The first kappa shape index (κ1) is 21.6. The normalized spacial score (nSPS) is 17.6. The fourth-order valence-corrected chi connectivity index (χ4v) is 4.90. The number of hydrogen-bond acceptors (Lipinski definition) is 4. The molecule has 1 N–H and O–H groups in total. The van der Waals surface area contributed by atoms with Crippen LogP contribution in [-0.4, -0.2) is 38.9 Å². The van der Waals surface area contributed by atoms with E-state index in [4.69, 9.17) is 11.6 Å². The molecule has 170 valence electrons. The van der Waals surface area contributed by atoms with Crippen LogP contribution in [0.15, 0.2) is 42.5 Å². The summed E-state index contributed by atoms with van der Waals surface area (Å²) in [6.07, 6.45) is 3.65. The summed E-state index contributed by atoms with van der Waals surface area (Å²) in [7, 11) is 0. The Kier molecular flexibility index (Phi) is 5.66. The van der Waals surface area contributed by atoms with Crippen molar-refractivity contribution in [2.45, 2.75) is 39.3 Å². The summed E-state index contributed by atoms with van der Waals surface area (Å²) >= 11 is 6.14. The Morgan fingerprint density at radius 2 is 2.06 bits per heavy atom. The van der Waals surface area contributed by atoms with Crippen LogP contribution in [-0.2, 0) is 11.3 Å². The number of anilines is 1. The molecule has 0 bridgehead atoms. The van der Waals surface area contributed by atoms with E-state index in [9.17, 15) is 9.18 Å². The van der Waals surface area contributed by atoms with Crippen molar-refractivity contribution in [3.63, 3.8) is 0 Å². The SMILES string of the molecule is CC(=O)N1CC=C(c2ccc3c(c2)C(Nc2cc(Cl)ccc2F)CCn2nnc(C)c2-3)CC1. The minimum Gasteiger partial charge on any atom is -0.376 e. The third kappa shape index (κ3) is 4.13. The van der Waals surface area contributed by atoms with E-state index in [1.165, 1.54) is 11.6 Å². The average molecular weight is 466 g/mol. The average Bonchev–Trinajstić information content (AvgIpc) is 3.10. The maximum Gasteiger partial charge on any atom is 0.219 e. The number of halogens is 2. The van der Waals surface area contributed by atoms with Crippen LogP contribution in [0.5, 0.6) is 0 Å². The van der Waals surface area contributed by atoms with E-state index < -0.39 is 0 Å². The van der Waals surface area contributed by atoms with Crippen LogP contribution in [0.25, 0.3) is 16.8 Å². The number of carbonyl (C=O) groups is 1. The number of nitrogens with one attached hydrogen (secondary N) is 1. The molecule has 5 rings (SSSR count). The summed E-state index contributed by atoms with van der Waals surface area (Å²) in [5.74, 6) is -0.243. The van der Waals surface area contributed by atoms with Gasteiger partial charge in [0.2, 0.25) is 5.91 Å². The van der Waals surface area contributed by atoms with E-state index in [-0.39, 0.29) is 17.8 Å². The lowest BCUT2D eigenvalue weighted by atomic mass is 9.90. The molecule has 1 amide bonds. The predicted molar refractivity (Wildman–Crippen MR) is 127 cm³/mol. The summed E-state index contributed by atoms with van der Waals surface area (Å²) < 4.78 is 16.5. The molecule has 2 aliphatic heterocycles. The molecule has 0 saturated heterocycles. The highest BCUT2D eigenvalue weighted by Gasteiger charge is 2.27. The number of benzene rings is 2. The third-order valence-electron chi connectivity index (χ3n) is 6.50. The monoisotopic (exact) mass is 465 g/mol. The Bertz CT molecular complexity index is 1270. The molecule has 0 fully saturated rings. The summed E-state index contributed by atoms with van der Waals surface area (Å²) in [5.41, 5.74) is 6.70. The molecule has 0 spiro atoms. The van der Waals surface area contributed by atoms with Gasteiger partial charge in [-0.25, -0.2) is 9.07 Å². The lowest BCUT2D eigenvalue weighted by molar-refractivity contribution is -0.128. The van der Waals surface area contributed by atoms with Gasteiger partial charge < -0.3 is 10.2 Å². The predicted octanol–water partition coefficient (Wildman–Crippen LogP) is 5.24. The standard InChI is InChI=1S/C25H25ClFN5O/c1-15-25-20-5-3-18(17-7-10-31(11-8-17)16(2)33)13-21(20)23(9-12-32(25)30-29-15)28-24-14-19(26)4-6-22(24)27/h3-7,13-14,23,28H,8-12H2,1-2H3. The van der Waals surface area contributed by atoms with Gasteiger partial charge in [0, 0.05) is 37.1 Å². The lowest BCUT2D eigenvalue weighted by Crippen LogP contribution is -2.32. The molecule has 8 heteroatoms. The van der Waals surface area contributed by atoms with Crippen LogP contribution in [0.1, 0.15) is 42.6 Å². The summed E-state index contributed by atoms with van der Waals surface area (Å²) in [6.45, 7) is 5.56. The fourth-order valence-electron chi connectivity index (χ4n) is 4.73. The fraction of sp³-hybridized carbons (Fsp3) is 0.320. The Morgan fingerprint density at radius 1 is 1.21 bits per heavy atom. The molecule has 0 saturated carbocycles. The van der Waals surface area contributed by atoms with Gasteiger partial charge in [-0.1, -0.05) is 35.0 Å². The van der Waals surface area contributed by atoms with Crippen molar-refractivity contribution in [2.24, 2.45) is 0 Å². The molecular formula is C25H25ClFN5O. The quantitative estimate of drug-likeness (QED) is 0.574. The number of amides is 1. The van der Waals surface area contributed by atoms with Crippen LogP contribution in [0.2, 0.25) is 5.02 Å². The van der Waals surface area contributed by atoms with E-state index in [0.29, 0.717) is 30.3 Å². The third-order valence-corrected chi connectivity index (χ3v) is 6.73. The van der Waals surface area contributed by atoms with E-state index in [2.05, 4.69) is 39.9 Å². The zero-order valence-electron chi connectivity index (χ0n) is 18.6. The molecular weight excluding hydrogens is 441 g/mol. The van der Waals surface area contributed by atoms with Crippen molar-refractivity contribution in [3.8, 4) is 11.3 Å². The number of carbonyl (C=O) groups excluding carboxylic acids is 1. The highest BCUT2D eigenvalue weighted by Crippen LogP contribution is 2.39. The summed E-state index contributed by atoms with van der Waals surface area (Å²) in [4.78, 5) is 13.5. The summed E-state index contributed by atoms with van der Waals surface area (Å²) in [5, 5.41) is 12.5. The van der Waals surface area contributed by atoms with Crippen molar-refractivity contribution >= 4 is 28.8 Å². The van der Waals surface area contributed by atoms with Crippen LogP contribution >= 0.6 is 11.6 Å². The van der Waals surface area contributed by atoms with Gasteiger partial charge in [0.1, 0.15) is 5.82 Å². The lowest BCUT2D eigenvalue weighted by Gasteiger charge is -2.26. The van der Waals surface area contributed by atoms with E-state index in [0.717, 1.165) is 40.9 Å². The first-order chi connectivity index (χ1) is 15.9. The zero-order chi connectivity index (χ0) is 23.1. The van der Waals surface area contributed by atoms with Gasteiger partial charge >= 0.3 is 0 Å². The minimum absolute atomic E-state index is 0.0938. The highest BCUT2D eigenvalue weighted by atomic mass is 35.5. The Morgan fingerprint density at radius 3 is 2.82 bits per heavy atom. The zero-order valence-corrected chi connectivity index (χ0v) is 19.4. The van der Waals surface area contributed by atoms with E-state index >= 15 is 0 Å². The number of rotatable bonds is 3. The van der Waals surface area contributed by atoms with Crippen molar-refractivity contribution in [1.82, 2.24) is 19.9 Å². The largest absolute Gasteiger partial charge is 0.376 e. The van der Waals surface area contributed by atoms with Crippen LogP contribution in [0, 0.1) is 12.7 Å². The van der Waals surface area contributed by atoms with Gasteiger partial charge in [-0.05, 0) is 60.7 Å². The molecule has 1 atom stereocenters. The Balaban J connectivity index is 1.57. The maximum atomic E-state index is 14.6. The molecule has 0 aliphatic carbocycles. The Labute approximate surface area is 197 Å². The smallest absolute Gasteiger partial charge is 0.219 e. The van der Waals surface area contributed by atoms with Crippen molar-refractivity contribution < 1.29 is 9.18 Å². The van der Waals surface area contributed by atoms with E-state index in [1.807, 2.05) is 16.5 Å². The highest BCUT2D eigenvalue weighted by molar-refractivity contribution is 6.30. The first-order valence-corrected chi connectivity index (χ1v) is 11.5. The molecule has 3 heterocycles. The molecule has 33 heavy (non-hydrogen) atoms. The molecule has 2 aromatic carbocycles. The van der Waals surface area contributed by atoms with Gasteiger partial charge in [-0.2, -0.15) is 0 Å².